The van der Waals surface area contributed by atoms with Crippen molar-refractivity contribution in [2.75, 3.05) is 6.61 Å². The molecule has 0 saturated carbocycles. The molecule has 0 radical (unpaired) electrons. The minimum atomic E-state index is -0.620. The van der Waals surface area contributed by atoms with Crippen LogP contribution in [0.25, 0.3) is 0 Å². The first kappa shape index (κ1) is 17.9. The fourth-order valence-corrected chi connectivity index (χ4v) is 3.19. The molecule has 1 aromatic carbocycles. The zero-order valence-corrected chi connectivity index (χ0v) is 14.7. The minimum absolute atomic E-state index is 0.0317. The molecular weight excluding hydrogens is 342 g/mol. The molecule has 138 valence electrons. The molecule has 0 unspecified atom stereocenters. The number of hydrogen-bond acceptors (Lipinski definition) is 6. The predicted molar refractivity (Wildman–Crippen MR) is 92.5 cm³/mol. The molecule has 0 spiro atoms. The number of fused-ring (bicyclic) bond motifs is 1. The Morgan fingerprint density at radius 1 is 1.23 bits per heavy atom. The average Bonchev–Trinajstić information content (AvgIpc) is 2.64. The van der Waals surface area contributed by atoms with Gasteiger partial charge in [0.2, 0.25) is 12.2 Å². The highest BCUT2D eigenvalue weighted by molar-refractivity contribution is 5.42. The fourth-order valence-electron chi connectivity index (χ4n) is 3.19. The van der Waals surface area contributed by atoms with Crippen LogP contribution in [0, 0.1) is 10.1 Å². The van der Waals surface area contributed by atoms with Crippen LogP contribution in [0.3, 0.4) is 0 Å². The first-order valence-electron chi connectivity index (χ1n) is 8.17. The van der Waals surface area contributed by atoms with Crippen molar-refractivity contribution < 1.29 is 14.4 Å². The maximum atomic E-state index is 12.7. The molecule has 9 heteroatoms. The number of nitro groups is 1. The summed E-state index contributed by atoms with van der Waals surface area (Å²) in [6.07, 6.45) is -0.253. The highest BCUT2D eigenvalue weighted by Crippen LogP contribution is 2.38. The molecule has 0 bridgehead atoms. The van der Waals surface area contributed by atoms with Crippen LogP contribution >= 0.6 is 0 Å². The summed E-state index contributed by atoms with van der Waals surface area (Å²) in [5, 5.41) is 10.9. The Bertz CT molecular complexity index is 960. The summed E-state index contributed by atoms with van der Waals surface area (Å²) in [6, 6.07) is 6.02. The molecule has 0 fully saturated rings. The lowest BCUT2D eigenvalue weighted by Crippen LogP contribution is -2.44. The maximum Gasteiger partial charge on any atom is 0.333 e. The molecule has 1 aromatic heterocycles. The van der Waals surface area contributed by atoms with Gasteiger partial charge in [0.15, 0.2) is 0 Å². The van der Waals surface area contributed by atoms with Crippen molar-refractivity contribution in [1.82, 2.24) is 9.13 Å². The molecule has 2 aromatic rings. The quantitative estimate of drug-likeness (QED) is 0.600. The molecule has 0 N–H and O–H groups in total. The lowest BCUT2D eigenvalue weighted by Gasteiger charge is -2.32. The van der Waals surface area contributed by atoms with Gasteiger partial charge >= 0.3 is 5.69 Å². The zero-order chi connectivity index (χ0) is 19.0. The van der Waals surface area contributed by atoms with Gasteiger partial charge in [-0.25, -0.2) is 4.79 Å². The van der Waals surface area contributed by atoms with E-state index in [-0.39, 0.29) is 11.6 Å². The smallest absolute Gasteiger partial charge is 0.333 e. The molecule has 0 saturated heterocycles. The van der Waals surface area contributed by atoms with Crippen molar-refractivity contribution >= 4 is 5.69 Å². The standard InChI is InChI=1S/C17H19N3O6/c1-4-25-13-9-12(10-5-7-11(8-6-10)20(23)24)14-15(21)18(2)17(22)19(3)16(14)26-13/h5-8,12-13H,4,9H2,1-3H3/t12-,13-/m1/s1. The summed E-state index contributed by atoms with van der Waals surface area (Å²) in [5.74, 6) is -0.229. The molecule has 3 rings (SSSR count). The third-order valence-electron chi connectivity index (χ3n) is 4.52. The number of ether oxygens (including phenoxy) is 2. The van der Waals surface area contributed by atoms with Crippen LogP contribution in [-0.4, -0.2) is 27.0 Å². The predicted octanol–water partition coefficient (Wildman–Crippen LogP) is 1.27. The van der Waals surface area contributed by atoms with E-state index in [4.69, 9.17) is 9.47 Å². The van der Waals surface area contributed by atoms with Crippen LogP contribution in [0.1, 0.15) is 30.4 Å². The molecular formula is C17H19N3O6. The van der Waals surface area contributed by atoms with Crippen LogP contribution in [0.2, 0.25) is 0 Å². The van der Waals surface area contributed by atoms with Crippen LogP contribution in [0.4, 0.5) is 5.69 Å². The lowest BCUT2D eigenvalue weighted by molar-refractivity contribution is -0.384. The van der Waals surface area contributed by atoms with Gasteiger partial charge in [-0.15, -0.1) is 0 Å². The van der Waals surface area contributed by atoms with Crippen LogP contribution < -0.4 is 16.0 Å². The molecule has 1 aliphatic rings. The second-order valence-electron chi connectivity index (χ2n) is 6.06. The Hall–Kier alpha value is -2.94. The number of non-ortho nitro benzene ring substituents is 1. The first-order chi connectivity index (χ1) is 12.3. The number of nitro benzene ring substituents is 1. The SMILES string of the molecule is CCO[C@H]1C[C@H](c2ccc([N+](=O)[O-])cc2)c2c(n(C)c(=O)n(C)c2=O)O1. The summed E-state index contributed by atoms with van der Waals surface area (Å²) in [4.78, 5) is 35.3. The highest BCUT2D eigenvalue weighted by Gasteiger charge is 2.35. The third kappa shape index (κ3) is 2.90. The van der Waals surface area contributed by atoms with Crippen molar-refractivity contribution in [3.05, 3.63) is 66.3 Å². The van der Waals surface area contributed by atoms with Crippen molar-refractivity contribution in [3.8, 4) is 5.88 Å². The van der Waals surface area contributed by atoms with E-state index >= 15 is 0 Å². The van der Waals surface area contributed by atoms with E-state index in [0.717, 1.165) is 10.1 Å². The van der Waals surface area contributed by atoms with Crippen LogP contribution in [-0.2, 0) is 18.8 Å². The Labute approximate surface area is 148 Å². The summed E-state index contributed by atoms with van der Waals surface area (Å²) < 4.78 is 13.6. The molecule has 2 atom stereocenters. The summed E-state index contributed by atoms with van der Waals surface area (Å²) >= 11 is 0. The van der Waals surface area contributed by atoms with Gasteiger partial charge in [-0.3, -0.25) is 24.0 Å². The molecule has 26 heavy (non-hydrogen) atoms. The number of hydrogen-bond donors (Lipinski definition) is 0. The van der Waals surface area contributed by atoms with Gasteiger partial charge in [0.25, 0.3) is 11.2 Å². The molecule has 0 amide bonds. The Morgan fingerprint density at radius 2 is 1.88 bits per heavy atom. The second-order valence-corrected chi connectivity index (χ2v) is 6.06. The number of rotatable bonds is 4. The van der Waals surface area contributed by atoms with Gasteiger partial charge < -0.3 is 9.47 Å². The van der Waals surface area contributed by atoms with Crippen molar-refractivity contribution in [2.24, 2.45) is 14.1 Å². The Kier molecular flexibility index (Phi) is 4.64. The topological polar surface area (TPSA) is 106 Å². The van der Waals surface area contributed by atoms with Gasteiger partial charge in [-0.1, -0.05) is 12.1 Å². The highest BCUT2D eigenvalue weighted by atomic mass is 16.7. The Morgan fingerprint density at radius 3 is 2.46 bits per heavy atom. The third-order valence-corrected chi connectivity index (χ3v) is 4.52. The molecule has 2 heterocycles. The van der Waals surface area contributed by atoms with Gasteiger partial charge in [0.05, 0.1) is 10.5 Å². The molecule has 0 aliphatic carbocycles. The minimum Gasteiger partial charge on any atom is -0.449 e. The van der Waals surface area contributed by atoms with Crippen LogP contribution in [0.15, 0.2) is 33.9 Å². The van der Waals surface area contributed by atoms with Crippen molar-refractivity contribution in [2.45, 2.75) is 25.6 Å². The normalized spacial score (nSPS) is 18.9. The Balaban J connectivity index is 2.18. The summed E-state index contributed by atoms with van der Waals surface area (Å²) in [5.41, 5.74) is 0.102. The number of benzene rings is 1. The van der Waals surface area contributed by atoms with E-state index in [1.807, 2.05) is 6.92 Å². The second kappa shape index (κ2) is 6.75. The number of aromatic nitrogens is 2. The van der Waals surface area contributed by atoms with E-state index < -0.39 is 28.4 Å². The molecule has 1 aliphatic heterocycles. The van der Waals surface area contributed by atoms with Crippen LogP contribution in [0.5, 0.6) is 5.88 Å². The average molecular weight is 361 g/mol. The largest absolute Gasteiger partial charge is 0.449 e. The van der Waals surface area contributed by atoms with Crippen molar-refractivity contribution in [1.29, 1.82) is 0 Å². The summed E-state index contributed by atoms with van der Waals surface area (Å²) in [7, 11) is 2.94. The number of nitrogens with zero attached hydrogens (tertiary/aromatic N) is 3. The maximum absolute atomic E-state index is 12.7. The molecule has 9 nitrogen and oxygen atoms in total. The van der Waals surface area contributed by atoms with E-state index in [1.54, 1.807) is 12.1 Å². The lowest BCUT2D eigenvalue weighted by atomic mass is 9.87. The van der Waals surface area contributed by atoms with Gasteiger partial charge in [0, 0.05) is 45.2 Å². The van der Waals surface area contributed by atoms with E-state index in [0.29, 0.717) is 18.6 Å². The monoisotopic (exact) mass is 361 g/mol. The van der Waals surface area contributed by atoms with E-state index in [9.17, 15) is 19.7 Å². The first-order valence-corrected chi connectivity index (χ1v) is 8.17. The van der Waals surface area contributed by atoms with Crippen molar-refractivity contribution in [3.63, 3.8) is 0 Å². The summed E-state index contributed by atoms with van der Waals surface area (Å²) in [6.45, 7) is 2.23. The fraction of sp³-hybridized carbons (Fsp3) is 0.412. The van der Waals surface area contributed by atoms with Gasteiger partial charge in [-0.05, 0) is 12.5 Å². The van der Waals surface area contributed by atoms with Gasteiger partial charge in [0.1, 0.15) is 0 Å². The zero-order valence-electron chi connectivity index (χ0n) is 14.7. The van der Waals surface area contributed by atoms with E-state index in [1.165, 1.54) is 30.8 Å². The van der Waals surface area contributed by atoms with Gasteiger partial charge in [-0.2, -0.15) is 0 Å². The van der Waals surface area contributed by atoms with E-state index in [2.05, 4.69) is 0 Å².